The second-order valence-electron chi connectivity index (χ2n) is 11.9. The van der Waals surface area contributed by atoms with Gasteiger partial charge in [0.2, 0.25) is 29.5 Å². The first-order chi connectivity index (χ1) is 20.8. The summed E-state index contributed by atoms with van der Waals surface area (Å²) in [6, 6.07) is 1.85. The lowest BCUT2D eigenvalue weighted by atomic mass is 9.96. The van der Waals surface area contributed by atoms with Crippen molar-refractivity contribution in [3.63, 3.8) is 0 Å². The van der Waals surface area contributed by atoms with E-state index < -0.39 is 72.1 Å². The van der Waals surface area contributed by atoms with Gasteiger partial charge in [-0.1, -0.05) is 52.3 Å². The van der Waals surface area contributed by atoms with E-state index in [1.165, 1.54) is 6.92 Å². The van der Waals surface area contributed by atoms with Gasteiger partial charge in [-0.25, -0.2) is 0 Å². The van der Waals surface area contributed by atoms with Gasteiger partial charge < -0.3 is 36.7 Å². The number of amides is 5. The molecule has 13 nitrogen and oxygen atoms in total. The maximum Gasteiger partial charge on any atom is 0.303 e. The highest BCUT2D eigenvalue weighted by molar-refractivity contribution is 5.98. The average Bonchev–Trinajstić information content (AvgIpc) is 3.38. The Morgan fingerprint density at radius 2 is 1.43 bits per heavy atom. The average molecular weight is 613 g/mol. The topological polar surface area (TPSA) is 199 Å². The number of carboxylic acid groups (broad SMARTS) is 1. The van der Waals surface area contributed by atoms with Gasteiger partial charge in [-0.05, 0) is 43.2 Å². The van der Waals surface area contributed by atoms with Crippen LogP contribution in [0.4, 0.5) is 0 Å². The summed E-state index contributed by atoms with van der Waals surface area (Å²) >= 11 is 0. The Morgan fingerprint density at radius 3 is 2.09 bits per heavy atom. The molecule has 0 bridgehead atoms. The maximum atomic E-state index is 13.7. The van der Waals surface area contributed by atoms with Gasteiger partial charge in [0.25, 0.3) is 0 Å². The van der Waals surface area contributed by atoms with Gasteiger partial charge in [-0.2, -0.15) is 0 Å². The zero-order valence-electron chi connectivity index (χ0n) is 25.9. The van der Waals surface area contributed by atoms with E-state index >= 15 is 0 Å². The van der Waals surface area contributed by atoms with Gasteiger partial charge in [-0.15, -0.1) is 0 Å². The number of aromatic nitrogens is 1. The van der Waals surface area contributed by atoms with Crippen molar-refractivity contribution in [3.8, 4) is 0 Å². The summed E-state index contributed by atoms with van der Waals surface area (Å²) in [4.78, 5) is 81.9. The number of H-pyrrole nitrogens is 1. The highest BCUT2D eigenvalue weighted by Crippen LogP contribution is 2.20. The molecule has 0 radical (unpaired) electrons. The first kappa shape index (κ1) is 34.1. The van der Waals surface area contributed by atoms with E-state index in [9.17, 15) is 33.9 Å². The van der Waals surface area contributed by atoms with Gasteiger partial charge in [0.1, 0.15) is 30.2 Å². The summed E-state index contributed by atoms with van der Waals surface area (Å²) in [5.74, 6) is -4.76. The highest BCUT2D eigenvalue weighted by atomic mass is 16.4. The number of carbonyl (C=O) groups excluding carboxylic acids is 5. The third-order valence-electron chi connectivity index (χ3n) is 7.90. The van der Waals surface area contributed by atoms with Crippen molar-refractivity contribution in [2.24, 2.45) is 11.8 Å². The minimum Gasteiger partial charge on any atom is -0.481 e. The fourth-order valence-electron chi connectivity index (χ4n) is 5.14. The molecule has 7 N–H and O–H groups in total. The molecular weight excluding hydrogens is 568 g/mol. The molecule has 13 heteroatoms. The summed E-state index contributed by atoms with van der Waals surface area (Å²) in [5.41, 5.74) is 1.56. The number of hydrogen-bond donors (Lipinski definition) is 7. The van der Waals surface area contributed by atoms with E-state index in [0.29, 0.717) is 6.42 Å². The quantitative estimate of drug-likeness (QED) is 0.220. The number of carbonyl (C=O) groups is 6. The maximum absolute atomic E-state index is 13.7. The molecule has 1 fully saturated rings. The molecule has 0 aliphatic carbocycles. The standard InChI is InChI=1S/C31H44N6O7/c1-6-17(4)26-31(44)36-23(13-16(2)3)29(42)35-24(14-19-15-32-21-10-8-7-9-20(19)21)30(43)34-22(11-12-25(38)39)28(41)33-18(5)27(40)37-26/h7-10,15-18,22-24,26,32H,6,11-14H2,1-5H3,(H,33,41)(H,34,43)(H,35,42)(H,36,44)(H,37,40)(H,38,39)/t17-,18-,22+,23-,24+,26+/m0/s1. The Hall–Kier alpha value is -4.42. The first-order valence-corrected chi connectivity index (χ1v) is 15.1. The molecule has 1 aromatic heterocycles. The molecule has 1 aromatic carbocycles. The van der Waals surface area contributed by atoms with Gasteiger partial charge in [-0.3, -0.25) is 28.8 Å². The number of nitrogens with one attached hydrogen (secondary N) is 6. The lowest BCUT2D eigenvalue weighted by Gasteiger charge is -2.28. The third kappa shape index (κ3) is 9.04. The molecule has 0 saturated carbocycles. The van der Waals surface area contributed by atoms with E-state index in [2.05, 4.69) is 31.6 Å². The number of para-hydroxylation sites is 1. The molecule has 0 spiro atoms. The van der Waals surface area contributed by atoms with E-state index in [1.54, 1.807) is 13.1 Å². The Morgan fingerprint density at radius 1 is 0.818 bits per heavy atom. The van der Waals surface area contributed by atoms with E-state index in [-0.39, 0.29) is 31.1 Å². The van der Waals surface area contributed by atoms with Crippen LogP contribution in [0.2, 0.25) is 0 Å². The van der Waals surface area contributed by atoms with E-state index in [4.69, 9.17) is 0 Å². The number of aliphatic carboxylic acids is 1. The number of carboxylic acids is 1. The van der Waals surface area contributed by atoms with Crippen LogP contribution in [0.25, 0.3) is 10.9 Å². The van der Waals surface area contributed by atoms with Crippen LogP contribution in [0.3, 0.4) is 0 Å². The SMILES string of the molecule is CC[C@H](C)[C@H]1NC(=O)[C@H](C)NC(=O)[C@@H](CCC(=O)O)NC(=O)[C@@H](Cc2c[nH]c3ccccc23)NC(=O)[C@H](CC(C)C)NC1=O. The predicted molar refractivity (Wildman–Crippen MR) is 163 cm³/mol. The zero-order chi connectivity index (χ0) is 32.6. The number of benzene rings is 1. The van der Waals surface area contributed by atoms with Crippen LogP contribution in [-0.4, -0.2) is 75.8 Å². The van der Waals surface area contributed by atoms with Crippen molar-refractivity contribution in [2.75, 3.05) is 0 Å². The van der Waals surface area contributed by atoms with Crippen LogP contribution in [0.1, 0.15) is 65.9 Å². The molecule has 1 aliphatic heterocycles. The molecule has 44 heavy (non-hydrogen) atoms. The van der Waals surface area contributed by atoms with Crippen LogP contribution in [-0.2, 0) is 35.2 Å². The molecule has 3 rings (SSSR count). The Kier molecular flexibility index (Phi) is 11.9. The molecular formula is C31H44N6O7. The van der Waals surface area contributed by atoms with Crippen molar-refractivity contribution in [3.05, 3.63) is 36.0 Å². The summed E-state index contributed by atoms with van der Waals surface area (Å²) in [6.45, 7) is 8.87. The van der Waals surface area contributed by atoms with Crippen molar-refractivity contribution in [1.29, 1.82) is 0 Å². The molecule has 5 amide bonds. The summed E-state index contributed by atoms with van der Waals surface area (Å²) in [5, 5.41) is 23.5. The van der Waals surface area contributed by atoms with Crippen LogP contribution < -0.4 is 26.6 Å². The van der Waals surface area contributed by atoms with Gasteiger partial charge in [0, 0.05) is 29.9 Å². The van der Waals surface area contributed by atoms with Crippen molar-refractivity contribution >= 4 is 46.4 Å². The van der Waals surface area contributed by atoms with Crippen LogP contribution >= 0.6 is 0 Å². The monoisotopic (exact) mass is 612 g/mol. The normalized spacial score (nSPS) is 24.8. The predicted octanol–water partition coefficient (Wildman–Crippen LogP) is 1.12. The van der Waals surface area contributed by atoms with Crippen LogP contribution in [0, 0.1) is 11.8 Å². The van der Waals surface area contributed by atoms with Crippen molar-refractivity contribution in [2.45, 2.75) is 96.9 Å². The molecule has 2 aromatic rings. The number of rotatable bonds is 9. The molecule has 1 saturated heterocycles. The van der Waals surface area contributed by atoms with Gasteiger partial charge >= 0.3 is 5.97 Å². The Bertz CT molecular complexity index is 1370. The first-order valence-electron chi connectivity index (χ1n) is 15.1. The Labute approximate surface area is 256 Å². The zero-order valence-corrected chi connectivity index (χ0v) is 25.9. The molecule has 240 valence electrons. The smallest absolute Gasteiger partial charge is 0.303 e. The fraction of sp³-hybridized carbons (Fsp3) is 0.548. The van der Waals surface area contributed by atoms with E-state index in [1.807, 2.05) is 45.0 Å². The minimum atomic E-state index is -1.31. The molecule has 1 aliphatic rings. The van der Waals surface area contributed by atoms with E-state index in [0.717, 1.165) is 16.5 Å². The highest BCUT2D eigenvalue weighted by Gasteiger charge is 2.35. The second-order valence-corrected chi connectivity index (χ2v) is 11.9. The molecule has 6 atom stereocenters. The second kappa shape index (κ2) is 15.3. The van der Waals surface area contributed by atoms with Crippen LogP contribution in [0.5, 0.6) is 0 Å². The number of hydrogen-bond acceptors (Lipinski definition) is 6. The van der Waals surface area contributed by atoms with Gasteiger partial charge in [0.05, 0.1) is 0 Å². The summed E-state index contributed by atoms with van der Waals surface area (Å²) < 4.78 is 0. The summed E-state index contributed by atoms with van der Waals surface area (Å²) in [7, 11) is 0. The minimum absolute atomic E-state index is 0.00656. The Balaban J connectivity index is 2.06. The van der Waals surface area contributed by atoms with Crippen molar-refractivity contribution in [1.82, 2.24) is 31.6 Å². The largest absolute Gasteiger partial charge is 0.481 e. The van der Waals surface area contributed by atoms with Crippen LogP contribution in [0.15, 0.2) is 30.5 Å². The number of fused-ring (bicyclic) bond motifs is 1. The molecule has 2 heterocycles. The fourth-order valence-corrected chi connectivity index (χ4v) is 5.14. The van der Waals surface area contributed by atoms with Gasteiger partial charge in [0.15, 0.2) is 0 Å². The lowest BCUT2D eigenvalue weighted by Crippen LogP contribution is -2.59. The lowest BCUT2D eigenvalue weighted by molar-refractivity contribution is -0.138. The number of aromatic amines is 1. The third-order valence-corrected chi connectivity index (χ3v) is 7.90. The summed E-state index contributed by atoms with van der Waals surface area (Å²) in [6.07, 6.45) is 1.91. The molecule has 0 unspecified atom stereocenters. The van der Waals surface area contributed by atoms with Crippen molar-refractivity contribution < 1.29 is 33.9 Å².